The summed E-state index contributed by atoms with van der Waals surface area (Å²) in [5.41, 5.74) is 5.17. The molecule has 0 aromatic rings. The molecule has 1 amide bonds. The van der Waals surface area contributed by atoms with Crippen molar-refractivity contribution in [2.75, 3.05) is 0 Å². The highest BCUT2D eigenvalue weighted by atomic mass is 32.1. The molecule has 2 aliphatic carbocycles. The number of hydrogen-bond donors (Lipinski definition) is 2. The van der Waals surface area contributed by atoms with Gasteiger partial charge in [0.2, 0.25) is 5.91 Å². The van der Waals surface area contributed by atoms with Gasteiger partial charge in [-0.15, -0.1) is 0 Å². The third-order valence-corrected chi connectivity index (χ3v) is 4.81. The van der Waals surface area contributed by atoms with Crippen molar-refractivity contribution < 1.29 is 4.79 Å². The lowest BCUT2D eigenvalue weighted by atomic mass is 9.98. The second kappa shape index (κ2) is 3.99. The molecule has 0 heterocycles. The fourth-order valence-electron chi connectivity index (χ4n) is 2.89. The van der Waals surface area contributed by atoms with Gasteiger partial charge in [-0.2, -0.15) is 0 Å². The standard InChI is InChI=1S/C12H20N2OS/c1-3-12(2,11(13)16)14-10(15)9-7-5-4-6-8(7)9/h7-9H,3-6H2,1-2H3,(H2,13,16)(H,14,15). The largest absolute Gasteiger partial charge is 0.391 e. The molecule has 16 heavy (non-hydrogen) atoms. The van der Waals surface area contributed by atoms with Gasteiger partial charge in [-0.25, -0.2) is 0 Å². The Morgan fingerprint density at radius 2 is 2.06 bits per heavy atom. The van der Waals surface area contributed by atoms with Crippen LogP contribution in [0.15, 0.2) is 0 Å². The number of thiocarbonyl (C=S) groups is 1. The molecule has 0 aromatic heterocycles. The van der Waals surface area contributed by atoms with Crippen molar-refractivity contribution in [1.29, 1.82) is 0 Å². The molecule has 3 N–H and O–H groups in total. The number of nitrogens with one attached hydrogen (secondary N) is 1. The molecule has 0 saturated heterocycles. The van der Waals surface area contributed by atoms with E-state index in [2.05, 4.69) is 5.32 Å². The highest BCUT2D eigenvalue weighted by molar-refractivity contribution is 7.80. The molecule has 3 nitrogen and oxygen atoms in total. The molecule has 3 atom stereocenters. The molecule has 0 radical (unpaired) electrons. The van der Waals surface area contributed by atoms with Crippen LogP contribution in [0.1, 0.15) is 39.5 Å². The minimum atomic E-state index is -0.511. The Labute approximate surface area is 102 Å². The van der Waals surface area contributed by atoms with Crippen molar-refractivity contribution in [2.24, 2.45) is 23.5 Å². The fourth-order valence-corrected chi connectivity index (χ4v) is 3.09. The van der Waals surface area contributed by atoms with Crippen molar-refractivity contribution in [2.45, 2.75) is 45.1 Å². The van der Waals surface area contributed by atoms with Crippen LogP contribution in [0.3, 0.4) is 0 Å². The molecule has 0 aromatic carbocycles. The Bertz CT molecular complexity index is 321. The maximum absolute atomic E-state index is 12.1. The summed E-state index contributed by atoms with van der Waals surface area (Å²) >= 11 is 5.02. The Hall–Kier alpha value is -0.640. The normalized spacial score (nSPS) is 35.0. The number of rotatable bonds is 4. The van der Waals surface area contributed by atoms with Crippen LogP contribution < -0.4 is 11.1 Å². The molecule has 3 unspecified atom stereocenters. The van der Waals surface area contributed by atoms with Crippen molar-refractivity contribution in [3.05, 3.63) is 0 Å². The number of hydrogen-bond acceptors (Lipinski definition) is 2. The number of carbonyl (C=O) groups is 1. The van der Waals surface area contributed by atoms with E-state index in [-0.39, 0.29) is 11.8 Å². The van der Waals surface area contributed by atoms with Crippen molar-refractivity contribution in [1.82, 2.24) is 5.32 Å². The van der Waals surface area contributed by atoms with Crippen molar-refractivity contribution >= 4 is 23.1 Å². The lowest BCUT2D eigenvalue weighted by molar-refractivity contribution is -0.124. The van der Waals surface area contributed by atoms with Gasteiger partial charge >= 0.3 is 0 Å². The van der Waals surface area contributed by atoms with Crippen molar-refractivity contribution in [3.8, 4) is 0 Å². The van der Waals surface area contributed by atoms with E-state index in [0.717, 1.165) is 6.42 Å². The summed E-state index contributed by atoms with van der Waals surface area (Å²) in [4.78, 5) is 12.5. The van der Waals surface area contributed by atoms with Gasteiger partial charge in [0.05, 0.1) is 10.5 Å². The smallest absolute Gasteiger partial charge is 0.224 e. The zero-order valence-electron chi connectivity index (χ0n) is 9.95. The van der Waals surface area contributed by atoms with E-state index >= 15 is 0 Å². The van der Waals surface area contributed by atoms with E-state index in [4.69, 9.17) is 18.0 Å². The molecular formula is C12H20N2OS. The molecule has 0 aliphatic heterocycles. The van der Waals surface area contributed by atoms with Crippen LogP contribution in [0.4, 0.5) is 0 Å². The van der Waals surface area contributed by atoms with E-state index in [1.807, 2.05) is 13.8 Å². The molecule has 2 fully saturated rings. The zero-order chi connectivity index (χ0) is 11.9. The second-order valence-electron chi connectivity index (χ2n) is 5.32. The Kier molecular flexibility index (Phi) is 2.95. The summed E-state index contributed by atoms with van der Waals surface area (Å²) in [7, 11) is 0. The molecule has 0 bridgehead atoms. The predicted molar refractivity (Wildman–Crippen MR) is 67.9 cm³/mol. The maximum atomic E-state index is 12.1. The predicted octanol–water partition coefficient (Wildman–Crippen LogP) is 1.60. The van der Waals surface area contributed by atoms with E-state index < -0.39 is 5.54 Å². The first-order valence-corrected chi connectivity index (χ1v) is 6.52. The lowest BCUT2D eigenvalue weighted by Gasteiger charge is -2.28. The molecule has 2 rings (SSSR count). The topological polar surface area (TPSA) is 55.1 Å². The van der Waals surface area contributed by atoms with Crippen LogP contribution in [0, 0.1) is 17.8 Å². The van der Waals surface area contributed by atoms with Crippen LogP contribution in [0.2, 0.25) is 0 Å². The third-order valence-electron chi connectivity index (χ3n) is 4.36. The fraction of sp³-hybridized carbons (Fsp3) is 0.833. The number of fused-ring (bicyclic) bond motifs is 1. The summed E-state index contributed by atoms with van der Waals surface area (Å²) < 4.78 is 0. The summed E-state index contributed by atoms with van der Waals surface area (Å²) in [6.07, 6.45) is 4.48. The minimum absolute atomic E-state index is 0.159. The first kappa shape index (κ1) is 11.8. The summed E-state index contributed by atoms with van der Waals surface area (Å²) in [6.45, 7) is 3.90. The molecule has 0 spiro atoms. The number of amides is 1. The van der Waals surface area contributed by atoms with Gasteiger partial charge in [-0.1, -0.05) is 25.6 Å². The van der Waals surface area contributed by atoms with Gasteiger partial charge in [-0.3, -0.25) is 4.79 Å². The summed E-state index contributed by atoms with van der Waals surface area (Å²) in [5.74, 6) is 1.70. The quantitative estimate of drug-likeness (QED) is 0.734. The van der Waals surface area contributed by atoms with E-state index in [1.165, 1.54) is 19.3 Å². The van der Waals surface area contributed by atoms with Gasteiger partial charge in [-0.05, 0) is 38.0 Å². The molecule has 2 saturated carbocycles. The number of carbonyl (C=O) groups excluding carboxylic acids is 1. The minimum Gasteiger partial charge on any atom is -0.391 e. The van der Waals surface area contributed by atoms with Gasteiger partial charge in [0.15, 0.2) is 0 Å². The van der Waals surface area contributed by atoms with Gasteiger partial charge in [0.1, 0.15) is 0 Å². The number of nitrogens with two attached hydrogens (primary N) is 1. The molecular weight excluding hydrogens is 220 g/mol. The van der Waals surface area contributed by atoms with Gasteiger partial charge < -0.3 is 11.1 Å². The summed E-state index contributed by atoms with van der Waals surface area (Å²) in [5, 5.41) is 3.03. The first-order chi connectivity index (χ1) is 7.49. The monoisotopic (exact) mass is 240 g/mol. The van der Waals surface area contributed by atoms with Gasteiger partial charge in [0, 0.05) is 5.92 Å². The Morgan fingerprint density at radius 1 is 1.50 bits per heavy atom. The van der Waals surface area contributed by atoms with E-state index in [9.17, 15) is 4.79 Å². The Morgan fingerprint density at radius 3 is 2.50 bits per heavy atom. The average molecular weight is 240 g/mol. The van der Waals surface area contributed by atoms with Crippen LogP contribution in [-0.4, -0.2) is 16.4 Å². The van der Waals surface area contributed by atoms with Crippen molar-refractivity contribution in [3.63, 3.8) is 0 Å². The van der Waals surface area contributed by atoms with Crippen LogP contribution in [-0.2, 0) is 4.79 Å². The summed E-state index contributed by atoms with van der Waals surface area (Å²) in [6, 6.07) is 0. The highest BCUT2D eigenvalue weighted by Crippen LogP contribution is 2.57. The second-order valence-corrected chi connectivity index (χ2v) is 5.76. The molecule has 90 valence electrons. The Balaban J connectivity index is 1.94. The molecule has 2 aliphatic rings. The van der Waals surface area contributed by atoms with E-state index in [1.54, 1.807) is 0 Å². The van der Waals surface area contributed by atoms with Crippen LogP contribution in [0.5, 0.6) is 0 Å². The zero-order valence-corrected chi connectivity index (χ0v) is 10.8. The van der Waals surface area contributed by atoms with E-state index in [0.29, 0.717) is 16.8 Å². The first-order valence-electron chi connectivity index (χ1n) is 6.11. The van der Waals surface area contributed by atoms with Gasteiger partial charge in [0.25, 0.3) is 0 Å². The third kappa shape index (κ3) is 1.83. The molecule has 4 heteroatoms. The average Bonchev–Trinajstić information content (AvgIpc) is 2.73. The maximum Gasteiger partial charge on any atom is 0.224 e. The van der Waals surface area contributed by atoms with Crippen LogP contribution in [0.25, 0.3) is 0 Å². The SMILES string of the molecule is CCC(C)(NC(=O)C1C2CCCC21)C(N)=S. The lowest BCUT2D eigenvalue weighted by Crippen LogP contribution is -2.54. The van der Waals surface area contributed by atoms with Crippen LogP contribution >= 0.6 is 12.2 Å². The highest BCUT2D eigenvalue weighted by Gasteiger charge is 2.57.